The summed E-state index contributed by atoms with van der Waals surface area (Å²) in [4.78, 5) is 0. The average molecular weight is 285 g/mol. The van der Waals surface area contributed by atoms with Gasteiger partial charge in [-0.2, -0.15) is 0 Å². The molecule has 1 aliphatic rings. The second-order valence-corrected chi connectivity index (χ2v) is 6.13. The molecule has 0 fully saturated rings. The van der Waals surface area contributed by atoms with E-state index >= 15 is 0 Å². The van der Waals surface area contributed by atoms with E-state index in [2.05, 4.69) is 45.6 Å². The van der Waals surface area contributed by atoms with Gasteiger partial charge in [-0.3, -0.25) is 0 Å². The van der Waals surface area contributed by atoms with Crippen molar-refractivity contribution in [1.29, 1.82) is 0 Å². The number of benzene rings is 2. The molecular formula is C14H10N2Se. The molecule has 1 aromatic heterocycles. The molecule has 0 radical (unpaired) electrons. The summed E-state index contributed by atoms with van der Waals surface area (Å²) in [5.41, 5.74) is 3.94. The van der Waals surface area contributed by atoms with Gasteiger partial charge in [-0.05, 0) is 0 Å². The van der Waals surface area contributed by atoms with Crippen molar-refractivity contribution in [3.63, 3.8) is 0 Å². The Morgan fingerprint density at radius 1 is 1.00 bits per heavy atom. The SMILES string of the molecule is c1ccc2c3c(ccc2c1)CCc1[se]nnc1-3. The number of nitrogens with zero attached hydrogens (tertiary/aromatic N) is 2. The van der Waals surface area contributed by atoms with E-state index in [1.807, 2.05) is 0 Å². The number of aromatic nitrogens is 2. The third kappa shape index (κ3) is 1.33. The molecule has 2 nitrogen and oxygen atoms in total. The molecule has 0 atom stereocenters. The van der Waals surface area contributed by atoms with Crippen molar-refractivity contribution in [3.05, 3.63) is 46.4 Å². The van der Waals surface area contributed by atoms with Crippen molar-refractivity contribution < 1.29 is 0 Å². The van der Waals surface area contributed by atoms with Crippen LogP contribution in [-0.4, -0.2) is 23.9 Å². The Bertz CT molecular complexity index is 715. The Labute approximate surface area is 105 Å². The topological polar surface area (TPSA) is 25.8 Å². The van der Waals surface area contributed by atoms with Gasteiger partial charge in [0.1, 0.15) is 0 Å². The summed E-state index contributed by atoms with van der Waals surface area (Å²) in [5.74, 6) is 0. The van der Waals surface area contributed by atoms with Crippen molar-refractivity contribution in [1.82, 2.24) is 9.19 Å². The van der Waals surface area contributed by atoms with Gasteiger partial charge in [-0.15, -0.1) is 0 Å². The monoisotopic (exact) mass is 286 g/mol. The van der Waals surface area contributed by atoms with E-state index in [-0.39, 0.29) is 14.7 Å². The fraction of sp³-hybridized carbons (Fsp3) is 0.143. The van der Waals surface area contributed by atoms with Gasteiger partial charge in [0.2, 0.25) is 0 Å². The summed E-state index contributed by atoms with van der Waals surface area (Å²) in [6.45, 7) is 0. The fourth-order valence-corrected chi connectivity index (χ4v) is 3.97. The molecule has 0 spiro atoms. The van der Waals surface area contributed by atoms with Crippen LogP contribution in [0.5, 0.6) is 0 Å². The predicted molar refractivity (Wildman–Crippen MR) is 69.3 cm³/mol. The zero-order valence-corrected chi connectivity index (χ0v) is 10.9. The van der Waals surface area contributed by atoms with Gasteiger partial charge in [0.05, 0.1) is 0 Å². The van der Waals surface area contributed by atoms with Crippen LogP contribution >= 0.6 is 0 Å². The van der Waals surface area contributed by atoms with Crippen molar-refractivity contribution in [2.45, 2.75) is 12.8 Å². The molecule has 0 aliphatic heterocycles. The molecule has 17 heavy (non-hydrogen) atoms. The summed E-state index contributed by atoms with van der Waals surface area (Å²) in [6, 6.07) is 13.0. The van der Waals surface area contributed by atoms with Gasteiger partial charge in [0.25, 0.3) is 0 Å². The molecule has 0 amide bonds. The molecule has 0 unspecified atom stereocenters. The number of hydrogen-bond acceptors (Lipinski definition) is 2. The van der Waals surface area contributed by atoms with E-state index < -0.39 is 0 Å². The minimum absolute atomic E-state index is 0.254. The predicted octanol–water partition coefficient (Wildman–Crippen LogP) is 2.45. The molecular weight excluding hydrogens is 275 g/mol. The number of hydrogen-bond donors (Lipinski definition) is 0. The van der Waals surface area contributed by atoms with Crippen molar-refractivity contribution in [2.75, 3.05) is 0 Å². The Balaban J connectivity index is 2.17. The zero-order chi connectivity index (χ0) is 11.2. The quantitative estimate of drug-likeness (QED) is 0.593. The summed E-state index contributed by atoms with van der Waals surface area (Å²) >= 11 is 0.254. The van der Waals surface area contributed by atoms with Crippen molar-refractivity contribution in [2.24, 2.45) is 0 Å². The van der Waals surface area contributed by atoms with Gasteiger partial charge in [-0.25, -0.2) is 0 Å². The normalized spacial score (nSPS) is 13.4. The van der Waals surface area contributed by atoms with Crippen LogP contribution in [0.1, 0.15) is 10.0 Å². The van der Waals surface area contributed by atoms with Crippen LogP contribution < -0.4 is 0 Å². The maximum absolute atomic E-state index is 4.38. The van der Waals surface area contributed by atoms with Gasteiger partial charge in [0.15, 0.2) is 0 Å². The first kappa shape index (κ1) is 9.58. The second kappa shape index (κ2) is 3.52. The third-order valence-corrected chi connectivity index (χ3v) is 5.07. The van der Waals surface area contributed by atoms with Gasteiger partial charge >= 0.3 is 105 Å². The molecule has 0 bridgehead atoms. The van der Waals surface area contributed by atoms with E-state index in [9.17, 15) is 0 Å². The van der Waals surface area contributed by atoms with E-state index in [1.54, 1.807) is 0 Å². The Hall–Kier alpha value is -1.44. The van der Waals surface area contributed by atoms with E-state index in [0.29, 0.717) is 0 Å². The standard InChI is InChI=1S/C14H10N2Se/c1-2-4-11-9(3-1)5-6-10-7-8-12-14(13(10)11)15-16-17-12/h1-6H,7-8H2. The van der Waals surface area contributed by atoms with Crippen LogP contribution in [0.3, 0.4) is 0 Å². The molecule has 3 heteroatoms. The Morgan fingerprint density at radius 3 is 2.94 bits per heavy atom. The van der Waals surface area contributed by atoms with Crippen LogP contribution in [0.2, 0.25) is 0 Å². The van der Waals surface area contributed by atoms with Crippen LogP contribution in [0.4, 0.5) is 0 Å². The summed E-state index contributed by atoms with van der Waals surface area (Å²) in [7, 11) is 0. The van der Waals surface area contributed by atoms with Gasteiger partial charge in [0, 0.05) is 0 Å². The van der Waals surface area contributed by atoms with Crippen LogP contribution in [0.15, 0.2) is 36.4 Å². The van der Waals surface area contributed by atoms with E-state index in [4.69, 9.17) is 0 Å². The van der Waals surface area contributed by atoms with Crippen LogP contribution in [-0.2, 0) is 12.8 Å². The zero-order valence-electron chi connectivity index (χ0n) is 9.18. The van der Waals surface area contributed by atoms with E-state index in [1.165, 1.54) is 32.0 Å². The minimum atomic E-state index is 0.254. The molecule has 1 aliphatic carbocycles. The Morgan fingerprint density at radius 2 is 1.94 bits per heavy atom. The molecule has 0 saturated heterocycles. The average Bonchev–Trinajstić information content (AvgIpc) is 2.86. The Kier molecular flexibility index (Phi) is 1.99. The van der Waals surface area contributed by atoms with E-state index in [0.717, 1.165) is 12.8 Å². The molecule has 4 rings (SSSR count). The van der Waals surface area contributed by atoms with Crippen molar-refractivity contribution in [3.8, 4) is 11.3 Å². The number of rotatable bonds is 0. The molecule has 3 aromatic rings. The molecule has 0 saturated carbocycles. The molecule has 1 heterocycles. The van der Waals surface area contributed by atoms with Crippen molar-refractivity contribution >= 4 is 25.5 Å². The number of aryl methyl sites for hydroxylation is 2. The summed E-state index contributed by atoms with van der Waals surface area (Å²) in [6.07, 6.45) is 2.29. The van der Waals surface area contributed by atoms with Gasteiger partial charge < -0.3 is 0 Å². The molecule has 82 valence electrons. The molecule has 2 aromatic carbocycles. The summed E-state index contributed by atoms with van der Waals surface area (Å²) < 4.78 is 5.72. The van der Waals surface area contributed by atoms with Crippen LogP contribution in [0.25, 0.3) is 22.0 Å². The van der Waals surface area contributed by atoms with Crippen LogP contribution in [0, 0.1) is 0 Å². The summed E-state index contributed by atoms with van der Waals surface area (Å²) in [5, 5.41) is 7.01. The maximum atomic E-state index is 4.38. The number of fused-ring (bicyclic) bond motifs is 5. The van der Waals surface area contributed by atoms with Gasteiger partial charge in [-0.1, -0.05) is 0 Å². The fourth-order valence-electron chi connectivity index (χ4n) is 2.62. The first-order chi connectivity index (χ1) is 8.43. The second-order valence-electron chi connectivity index (χ2n) is 4.37. The first-order valence-corrected chi connectivity index (χ1v) is 7.38. The third-order valence-electron chi connectivity index (χ3n) is 3.43. The molecule has 0 N–H and O–H groups in total. The first-order valence-electron chi connectivity index (χ1n) is 5.76.